The first-order chi connectivity index (χ1) is 15.4. The van der Waals surface area contributed by atoms with Crippen LogP contribution in [0.25, 0.3) is 6.08 Å². The molecule has 1 saturated heterocycles. The number of carbonyl (C=O) groups excluding carboxylic acids is 2. The van der Waals surface area contributed by atoms with Crippen molar-refractivity contribution in [3.63, 3.8) is 0 Å². The highest BCUT2D eigenvalue weighted by atomic mass is 35.5. The number of nitrogens with zero attached hydrogens (tertiary/aromatic N) is 3. The van der Waals surface area contributed by atoms with Gasteiger partial charge in [-0.25, -0.2) is 0 Å². The Morgan fingerprint density at radius 3 is 2.69 bits per heavy atom. The number of benzene rings is 1. The molecule has 1 aliphatic rings. The molecular formula is C23H29ClN4O4. The van der Waals surface area contributed by atoms with E-state index in [9.17, 15) is 9.59 Å². The predicted molar refractivity (Wildman–Crippen MR) is 123 cm³/mol. The Hall–Kier alpha value is -3.00. The van der Waals surface area contributed by atoms with Crippen molar-refractivity contribution in [2.24, 2.45) is 7.05 Å². The fourth-order valence-corrected chi connectivity index (χ4v) is 3.78. The molecule has 8 nitrogen and oxygen atoms in total. The number of hydrogen-bond donors (Lipinski definition) is 1. The van der Waals surface area contributed by atoms with Gasteiger partial charge in [-0.2, -0.15) is 5.10 Å². The molecule has 2 amide bonds. The summed E-state index contributed by atoms with van der Waals surface area (Å²) in [4.78, 5) is 26.7. The molecule has 0 aliphatic carbocycles. The van der Waals surface area contributed by atoms with Gasteiger partial charge in [0.05, 0.1) is 30.5 Å². The van der Waals surface area contributed by atoms with Gasteiger partial charge in [0.15, 0.2) is 11.5 Å². The maximum absolute atomic E-state index is 12.6. The fraction of sp³-hybridized carbons (Fsp3) is 0.435. The van der Waals surface area contributed by atoms with Gasteiger partial charge in [-0.3, -0.25) is 14.3 Å². The maximum Gasteiger partial charge on any atom is 0.254 e. The molecule has 0 radical (unpaired) electrons. The highest BCUT2D eigenvalue weighted by Crippen LogP contribution is 2.36. The number of aryl methyl sites for hydroxylation is 1. The zero-order valence-electron chi connectivity index (χ0n) is 18.6. The lowest BCUT2D eigenvalue weighted by Crippen LogP contribution is -2.46. The summed E-state index contributed by atoms with van der Waals surface area (Å²) in [7, 11) is 3.33. The summed E-state index contributed by atoms with van der Waals surface area (Å²) in [6.45, 7) is 3.72. The van der Waals surface area contributed by atoms with Gasteiger partial charge < -0.3 is 19.7 Å². The molecule has 9 heteroatoms. The molecule has 3 rings (SSSR count). The maximum atomic E-state index is 12.6. The Kier molecular flexibility index (Phi) is 8.16. The van der Waals surface area contributed by atoms with Gasteiger partial charge in [-0.1, -0.05) is 18.5 Å². The molecule has 1 aliphatic heterocycles. The number of likely N-dealkylation sites (tertiary alicyclic amines) is 1. The van der Waals surface area contributed by atoms with Crippen molar-refractivity contribution < 1.29 is 19.1 Å². The number of rotatable bonds is 8. The number of ether oxygens (including phenoxy) is 2. The van der Waals surface area contributed by atoms with E-state index in [1.165, 1.54) is 6.08 Å². The lowest BCUT2D eigenvalue weighted by atomic mass is 10.0. The summed E-state index contributed by atoms with van der Waals surface area (Å²) in [6, 6.07) is 3.58. The molecule has 2 heterocycles. The third-order valence-corrected chi connectivity index (χ3v) is 5.51. The van der Waals surface area contributed by atoms with Gasteiger partial charge >= 0.3 is 0 Å². The molecule has 0 unspecified atom stereocenters. The molecule has 1 N–H and O–H groups in total. The first kappa shape index (κ1) is 23.7. The van der Waals surface area contributed by atoms with Crippen molar-refractivity contribution >= 4 is 29.5 Å². The lowest BCUT2D eigenvalue weighted by molar-refractivity contribution is -0.126. The average Bonchev–Trinajstić information content (AvgIpc) is 3.23. The summed E-state index contributed by atoms with van der Waals surface area (Å²) in [6.07, 6.45) is 8.75. The molecule has 0 saturated carbocycles. The van der Waals surface area contributed by atoms with Gasteiger partial charge in [0.2, 0.25) is 5.91 Å². The third kappa shape index (κ3) is 6.03. The van der Waals surface area contributed by atoms with Gasteiger partial charge in [0, 0.05) is 38.5 Å². The van der Waals surface area contributed by atoms with Crippen molar-refractivity contribution in [2.45, 2.75) is 32.2 Å². The number of nitrogens with one attached hydrogen (secondary N) is 1. The minimum Gasteiger partial charge on any atom is -0.493 e. The van der Waals surface area contributed by atoms with Crippen LogP contribution in [0.4, 0.5) is 0 Å². The van der Waals surface area contributed by atoms with Crippen molar-refractivity contribution in [3.05, 3.63) is 46.8 Å². The summed E-state index contributed by atoms with van der Waals surface area (Å²) >= 11 is 6.34. The van der Waals surface area contributed by atoms with Crippen LogP contribution < -0.4 is 14.8 Å². The lowest BCUT2D eigenvalue weighted by Gasteiger charge is -2.31. The second-order valence-electron chi connectivity index (χ2n) is 7.69. The summed E-state index contributed by atoms with van der Waals surface area (Å²) < 4.78 is 12.6. The van der Waals surface area contributed by atoms with Crippen molar-refractivity contribution in [3.8, 4) is 11.5 Å². The van der Waals surface area contributed by atoms with E-state index in [0.717, 1.165) is 12.0 Å². The van der Waals surface area contributed by atoms with Crippen LogP contribution in [-0.4, -0.2) is 59.3 Å². The average molecular weight is 461 g/mol. The second-order valence-corrected chi connectivity index (χ2v) is 8.10. The van der Waals surface area contributed by atoms with E-state index in [-0.39, 0.29) is 17.9 Å². The molecule has 0 atom stereocenters. The zero-order valence-corrected chi connectivity index (χ0v) is 19.4. The van der Waals surface area contributed by atoms with E-state index in [2.05, 4.69) is 10.4 Å². The van der Waals surface area contributed by atoms with Crippen LogP contribution in [0.1, 0.15) is 42.1 Å². The largest absolute Gasteiger partial charge is 0.493 e. The SMILES string of the molecule is CCCOc1c(Cl)cc(/C=C/C(=O)N2CCC(NC(=O)c3cnn(C)c3)CC2)cc1OC. The smallest absolute Gasteiger partial charge is 0.254 e. The number of carbonyl (C=O) groups is 2. The van der Waals surface area contributed by atoms with E-state index < -0.39 is 0 Å². The van der Waals surface area contributed by atoms with Crippen molar-refractivity contribution in [1.29, 1.82) is 0 Å². The van der Waals surface area contributed by atoms with Gasteiger partial charge in [-0.15, -0.1) is 0 Å². The molecular weight excluding hydrogens is 432 g/mol. The summed E-state index contributed by atoms with van der Waals surface area (Å²) in [5.74, 6) is 0.821. The highest BCUT2D eigenvalue weighted by molar-refractivity contribution is 6.32. The molecule has 0 spiro atoms. The van der Waals surface area contributed by atoms with Crippen LogP contribution in [0, 0.1) is 0 Å². The van der Waals surface area contributed by atoms with Crippen molar-refractivity contribution in [2.75, 3.05) is 26.8 Å². The Labute approximate surface area is 193 Å². The Morgan fingerprint density at radius 1 is 1.31 bits per heavy atom. The second kappa shape index (κ2) is 11.0. The van der Waals surface area contributed by atoms with E-state index in [4.69, 9.17) is 21.1 Å². The minimum absolute atomic E-state index is 0.0365. The topological polar surface area (TPSA) is 85.7 Å². The van der Waals surface area contributed by atoms with Gasteiger partial charge in [0.1, 0.15) is 0 Å². The number of piperidine rings is 1. The number of aromatic nitrogens is 2. The number of halogens is 1. The van der Waals surface area contributed by atoms with Crippen LogP contribution in [0.2, 0.25) is 5.02 Å². The van der Waals surface area contributed by atoms with Crippen LogP contribution >= 0.6 is 11.6 Å². The number of amides is 2. The van der Waals surface area contributed by atoms with Crippen LogP contribution in [0.15, 0.2) is 30.6 Å². The normalized spacial score (nSPS) is 14.6. The van der Waals surface area contributed by atoms with E-state index in [0.29, 0.717) is 54.6 Å². The van der Waals surface area contributed by atoms with Gasteiger partial charge in [-0.05, 0) is 43.0 Å². The zero-order chi connectivity index (χ0) is 23.1. The molecule has 0 bridgehead atoms. The summed E-state index contributed by atoms with van der Waals surface area (Å²) in [5.41, 5.74) is 1.29. The molecule has 1 aromatic heterocycles. The Balaban J connectivity index is 1.54. The number of hydrogen-bond acceptors (Lipinski definition) is 5. The first-order valence-corrected chi connectivity index (χ1v) is 11.1. The minimum atomic E-state index is -0.139. The monoisotopic (exact) mass is 460 g/mol. The number of methoxy groups -OCH3 is 1. The van der Waals surface area contributed by atoms with Crippen LogP contribution in [-0.2, 0) is 11.8 Å². The van der Waals surface area contributed by atoms with Crippen molar-refractivity contribution in [1.82, 2.24) is 20.0 Å². The van der Waals surface area contributed by atoms with Crippen LogP contribution in [0.5, 0.6) is 11.5 Å². The fourth-order valence-electron chi connectivity index (χ4n) is 3.50. The molecule has 2 aromatic rings. The quantitative estimate of drug-likeness (QED) is 0.611. The third-order valence-electron chi connectivity index (χ3n) is 5.23. The van der Waals surface area contributed by atoms with E-state index >= 15 is 0 Å². The highest BCUT2D eigenvalue weighted by Gasteiger charge is 2.23. The molecule has 1 aromatic carbocycles. The Bertz CT molecular complexity index is 980. The van der Waals surface area contributed by atoms with Crippen LogP contribution in [0.3, 0.4) is 0 Å². The predicted octanol–water partition coefficient (Wildman–Crippen LogP) is 3.31. The van der Waals surface area contributed by atoms with Gasteiger partial charge in [0.25, 0.3) is 5.91 Å². The standard InChI is InChI=1S/C23H29ClN4O4/c1-4-11-32-22-19(24)12-16(13-20(22)31-3)5-6-21(29)28-9-7-18(8-10-28)26-23(30)17-14-25-27(2)15-17/h5-6,12-15,18H,4,7-11H2,1-3H3,(H,26,30)/b6-5+. The Morgan fingerprint density at radius 2 is 2.06 bits per heavy atom. The van der Waals surface area contributed by atoms with E-state index in [1.807, 2.05) is 6.92 Å². The summed E-state index contributed by atoms with van der Waals surface area (Å²) in [5, 5.41) is 7.47. The van der Waals surface area contributed by atoms with E-state index in [1.54, 1.807) is 54.3 Å². The first-order valence-electron chi connectivity index (χ1n) is 10.7. The molecule has 1 fully saturated rings. The molecule has 172 valence electrons. The molecule has 32 heavy (non-hydrogen) atoms.